The van der Waals surface area contributed by atoms with E-state index < -0.39 is 39.9 Å². The van der Waals surface area contributed by atoms with E-state index in [1.165, 1.54) is 4.90 Å². The molecule has 0 N–H and O–H groups in total. The highest BCUT2D eigenvalue weighted by Crippen LogP contribution is 2.39. The van der Waals surface area contributed by atoms with Crippen molar-refractivity contribution >= 4 is 33.2 Å². The number of hydrogen-bond acceptors (Lipinski definition) is 3. The smallest absolute Gasteiger partial charge is 0.341 e. The van der Waals surface area contributed by atoms with Crippen molar-refractivity contribution in [2.45, 2.75) is 25.4 Å². The summed E-state index contributed by atoms with van der Waals surface area (Å²) in [5, 5.41) is -0.174. The number of piperidine rings is 1. The van der Waals surface area contributed by atoms with Gasteiger partial charge < -0.3 is 4.90 Å². The lowest BCUT2D eigenvalue weighted by atomic mass is 10.1. The van der Waals surface area contributed by atoms with Crippen molar-refractivity contribution in [1.29, 1.82) is 0 Å². The molecule has 1 fully saturated rings. The highest BCUT2D eigenvalue weighted by atomic mass is 35.5. The van der Waals surface area contributed by atoms with Crippen LogP contribution in [0.25, 0.3) is 0 Å². The number of rotatable bonds is 4. The molecular weight excluding hydrogens is 381 g/mol. The Morgan fingerprint density at radius 1 is 1.24 bits per heavy atom. The normalized spacial score (nSPS) is 16.0. The van der Waals surface area contributed by atoms with E-state index in [1.54, 1.807) is 0 Å². The van der Waals surface area contributed by atoms with Crippen LogP contribution in [0.3, 0.4) is 0 Å². The maximum absolute atomic E-state index is 13.3. The van der Waals surface area contributed by atoms with Gasteiger partial charge in [0.25, 0.3) is 0 Å². The van der Waals surface area contributed by atoms with Crippen LogP contribution < -0.4 is 4.31 Å². The quantitative estimate of drug-likeness (QED) is 0.783. The molecule has 1 aromatic carbocycles. The summed E-state index contributed by atoms with van der Waals surface area (Å²) >= 11 is 5.63. The van der Waals surface area contributed by atoms with Gasteiger partial charge in [0.2, 0.25) is 15.9 Å². The first-order valence-electron chi connectivity index (χ1n) is 7.62. The van der Waals surface area contributed by atoms with E-state index in [2.05, 4.69) is 0 Å². The Labute approximate surface area is 149 Å². The lowest BCUT2D eigenvalue weighted by molar-refractivity contribution is -0.137. The van der Waals surface area contributed by atoms with Crippen molar-refractivity contribution < 1.29 is 26.4 Å². The van der Waals surface area contributed by atoms with E-state index in [1.807, 2.05) is 0 Å². The highest BCUT2D eigenvalue weighted by molar-refractivity contribution is 7.92. The fourth-order valence-electron chi connectivity index (χ4n) is 2.70. The number of amides is 1. The van der Waals surface area contributed by atoms with Crippen molar-refractivity contribution in [1.82, 2.24) is 4.90 Å². The van der Waals surface area contributed by atoms with E-state index in [0.29, 0.717) is 23.5 Å². The molecule has 1 aliphatic heterocycles. The number of anilines is 1. The Kier molecular flexibility index (Phi) is 5.88. The second-order valence-electron chi connectivity index (χ2n) is 5.87. The number of likely N-dealkylation sites (tertiary alicyclic amines) is 1. The van der Waals surface area contributed by atoms with Gasteiger partial charge in [-0.05, 0) is 37.5 Å². The van der Waals surface area contributed by atoms with Crippen LogP contribution in [0.2, 0.25) is 5.02 Å². The Morgan fingerprint density at radius 3 is 2.36 bits per heavy atom. The molecule has 1 saturated heterocycles. The van der Waals surface area contributed by atoms with E-state index in [0.717, 1.165) is 37.7 Å². The zero-order valence-corrected chi connectivity index (χ0v) is 15.1. The number of benzene rings is 1. The zero-order valence-electron chi connectivity index (χ0n) is 13.5. The minimum absolute atomic E-state index is 0.174. The summed E-state index contributed by atoms with van der Waals surface area (Å²) in [5.74, 6) is -0.520. The first-order valence-corrected chi connectivity index (χ1v) is 9.85. The third-order valence-electron chi connectivity index (χ3n) is 3.92. The van der Waals surface area contributed by atoms with Gasteiger partial charge in [-0.3, -0.25) is 9.10 Å². The van der Waals surface area contributed by atoms with Gasteiger partial charge in [0.15, 0.2) is 0 Å². The van der Waals surface area contributed by atoms with Crippen molar-refractivity contribution in [3.63, 3.8) is 0 Å². The maximum Gasteiger partial charge on any atom is 0.418 e. The molecule has 1 heterocycles. The van der Waals surface area contributed by atoms with Gasteiger partial charge in [-0.1, -0.05) is 11.6 Å². The number of hydrogen-bond donors (Lipinski definition) is 0. The number of sulfonamides is 1. The molecule has 0 atom stereocenters. The monoisotopic (exact) mass is 398 g/mol. The molecular formula is C15H18ClF3N2O3S. The number of carbonyl (C=O) groups excluding carboxylic acids is 1. The zero-order chi connectivity index (χ0) is 18.8. The Bertz CT molecular complexity index is 747. The number of carbonyl (C=O) groups is 1. The lowest BCUT2D eigenvalue weighted by Gasteiger charge is -2.31. The van der Waals surface area contributed by atoms with Crippen LogP contribution in [0.4, 0.5) is 18.9 Å². The Balaban J connectivity index is 2.41. The molecule has 5 nitrogen and oxygen atoms in total. The van der Waals surface area contributed by atoms with Crippen LogP contribution in [0.5, 0.6) is 0 Å². The van der Waals surface area contributed by atoms with Crippen LogP contribution in [-0.4, -0.2) is 45.1 Å². The standard InChI is InChI=1S/C15H18ClF3N2O3S/c1-25(23,24)21(10-14(22)20-7-3-2-4-8-20)13-6-5-11(16)9-12(13)15(17,18)19/h5-6,9H,2-4,7-8,10H2,1H3. The Hall–Kier alpha value is -1.48. The predicted molar refractivity (Wildman–Crippen MR) is 89.1 cm³/mol. The molecule has 0 radical (unpaired) electrons. The topological polar surface area (TPSA) is 57.7 Å². The molecule has 0 unspecified atom stereocenters. The van der Waals surface area contributed by atoms with Crippen LogP contribution in [0.1, 0.15) is 24.8 Å². The molecule has 2 rings (SSSR count). The van der Waals surface area contributed by atoms with Gasteiger partial charge in [0, 0.05) is 18.1 Å². The van der Waals surface area contributed by atoms with Crippen molar-refractivity contribution in [3.05, 3.63) is 28.8 Å². The van der Waals surface area contributed by atoms with Crippen LogP contribution >= 0.6 is 11.6 Å². The fourth-order valence-corrected chi connectivity index (χ4v) is 3.73. The van der Waals surface area contributed by atoms with E-state index in [-0.39, 0.29) is 5.02 Å². The molecule has 1 aliphatic rings. The molecule has 25 heavy (non-hydrogen) atoms. The van der Waals surface area contributed by atoms with Gasteiger partial charge in [0.05, 0.1) is 17.5 Å². The second-order valence-corrected chi connectivity index (χ2v) is 8.21. The minimum Gasteiger partial charge on any atom is -0.341 e. The fraction of sp³-hybridized carbons (Fsp3) is 0.533. The van der Waals surface area contributed by atoms with Crippen molar-refractivity contribution in [2.24, 2.45) is 0 Å². The molecule has 0 bridgehead atoms. The molecule has 0 aliphatic carbocycles. The Morgan fingerprint density at radius 2 is 1.84 bits per heavy atom. The van der Waals surface area contributed by atoms with E-state index in [4.69, 9.17) is 11.6 Å². The SMILES string of the molecule is CS(=O)(=O)N(CC(=O)N1CCCCC1)c1ccc(Cl)cc1C(F)(F)F. The average molecular weight is 399 g/mol. The third kappa shape index (κ3) is 5.01. The highest BCUT2D eigenvalue weighted by Gasteiger charge is 2.37. The number of halogens is 4. The van der Waals surface area contributed by atoms with E-state index in [9.17, 15) is 26.4 Å². The molecule has 0 aromatic heterocycles. The number of alkyl halides is 3. The van der Waals surface area contributed by atoms with Crippen LogP contribution in [-0.2, 0) is 21.0 Å². The third-order valence-corrected chi connectivity index (χ3v) is 5.28. The van der Waals surface area contributed by atoms with Gasteiger partial charge in [-0.15, -0.1) is 0 Å². The predicted octanol–water partition coefficient (Wildman–Crippen LogP) is 3.14. The molecule has 10 heteroatoms. The first-order chi connectivity index (χ1) is 11.5. The molecule has 1 amide bonds. The maximum atomic E-state index is 13.3. The minimum atomic E-state index is -4.81. The first kappa shape index (κ1) is 19.8. The average Bonchev–Trinajstić information content (AvgIpc) is 2.51. The van der Waals surface area contributed by atoms with Gasteiger partial charge in [-0.25, -0.2) is 8.42 Å². The molecule has 0 spiro atoms. The summed E-state index contributed by atoms with van der Waals surface area (Å²) < 4.78 is 64.5. The summed E-state index contributed by atoms with van der Waals surface area (Å²) in [4.78, 5) is 13.8. The molecule has 140 valence electrons. The summed E-state index contributed by atoms with van der Waals surface area (Å²) in [6.07, 6.45) is -1.49. The summed E-state index contributed by atoms with van der Waals surface area (Å²) in [7, 11) is -4.10. The number of nitrogens with zero attached hydrogens (tertiary/aromatic N) is 2. The van der Waals surface area contributed by atoms with E-state index >= 15 is 0 Å². The van der Waals surface area contributed by atoms with Crippen LogP contribution in [0, 0.1) is 0 Å². The molecule has 1 aromatic rings. The van der Waals surface area contributed by atoms with Gasteiger partial charge in [-0.2, -0.15) is 13.2 Å². The van der Waals surface area contributed by atoms with Crippen molar-refractivity contribution in [2.75, 3.05) is 30.2 Å². The lowest BCUT2D eigenvalue weighted by Crippen LogP contribution is -2.45. The summed E-state index contributed by atoms with van der Waals surface area (Å²) in [5.41, 5.74) is -1.80. The van der Waals surface area contributed by atoms with Crippen LogP contribution in [0.15, 0.2) is 18.2 Å². The molecule has 0 saturated carbocycles. The van der Waals surface area contributed by atoms with Crippen molar-refractivity contribution in [3.8, 4) is 0 Å². The second kappa shape index (κ2) is 7.41. The van der Waals surface area contributed by atoms with Gasteiger partial charge >= 0.3 is 6.18 Å². The largest absolute Gasteiger partial charge is 0.418 e. The van der Waals surface area contributed by atoms with Gasteiger partial charge in [0.1, 0.15) is 6.54 Å². The summed E-state index contributed by atoms with van der Waals surface area (Å²) in [6.45, 7) is 0.274. The summed E-state index contributed by atoms with van der Waals surface area (Å²) in [6, 6.07) is 2.78.